The van der Waals surface area contributed by atoms with Gasteiger partial charge < -0.3 is 10.6 Å². The highest BCUT2D eigenvalue weighted by Crippen LogP contribution is 2.21. The molecular weight excluding hydrogens is 404 g/mol. The highest BCUT2D eigenvalue weighted by atomic mass is 32.1. The van der Waals surface area contributed by atoms with Crippen LogP contribution >= 0.6 is 11.3 Å². The molecule has 5 heteroatoms. The maximum Gasteiger partial charge on any atom is 0.268 e. The third-order valence-electron chi connectivity index (χ3n) is 5.28. The number of nitrogens with one attached hydrogen (secondary N) is 2. The maximum atomic E-state index is 13.2. The number of hydrogen-bond donors (Lipinski definition) is 2. The van der Waals surface area contributed by atoms with E-state index in [4.69, 9.17) is 0 Å². The quantitative estimate of drug-likeness (QED) is 0.470. The van der Waals surface area contributed by atoms with E-state index in [1.807, 2.05) is 49.6 Å². The van der Waals surface area contributed by atoms with Crippen molar-refractivity contribution in [2.45, 2.75) is 40.2 Å². The lowest BCUT2D eigenvalue weighted by atomic mass is 9.99. The molecule has 31 heavy (non-hydrogen) atoms. The Labute approximate surface area is 188 Å². The highest BCUT2D eigenvalue weighted by molar-refractivity contribution is 7.10. The first kappa shape index (κ1) is 22.5. The molecule has 0 bridgehead atoms. The van der Waals surface area contributed by atoms with E-state index in [1.54, 1.807) is 18.2 Å². The van der Waals surface area contributed by atoms with Crippen LogP contribution in [-0.4, -0.2) is 11.8 Å². The van der Waals surface area contributed by atoms with Gasteiger partial charge in [0.2, 0.25) is 0 Å². The Morgan fingerprint density at radius 3 is 2.35 bits per heavy atom. The van der Waals surface area contributed by atoms with Crippen molar-refractivity contribution in [3.63, 3.8) is 0 Å². The Balaban J connectivity index is 1.84. The van der Waals surface area contributed by atoms with E-state index >= 15 is 0 Å². The third-order valence-corrected chi connectivity index (χ3v) is 6.10. The molecule has 160 valence electrons. The lowest BCUT2D eigenvalue weighted by molar-refractivity contribution is -0.118. The van der Waals surface area contributed by atoms with Gasteiger partial charge in [-0.25, -0.2) is 0 Å². The van der Waals surface area contributed by atoms with Crippen LogP contribution in [0.4, 0.5) is 0 Å². The fourth-order valence-corrected chi connectivity index (χ4v) is 3.87. The number of aryl methyl sites for hydroxylation is 3. The largest absolute Gasteiger partial charge is 0.344 e. The zero-order valence-electron chi connectivity index (χ0n) is 18.4. The molecule has 0 spiro atoms. The molecule has 1 unspecified atom stereocenters. The second-order valence-corrected chi connectivity index (χ2v) is 8.65. The molecule has 4 nitrogen and oxygen atoms in total. The zero-order chi connectivity index (χ0) is 22.4. The summed E-state index contributed by atoms with van der Waals surface area (Å²) in [5, 5.41) is 7.84. The Morgan fingerprint density at radius 1 is 1.00 bits per heavy atom. The van der Waals surface area contributed by atoms with Crippen molar-refractivity contribution in [3.05, 3.63) is 98.4 Å². The Morgan fingerprint density at radius 2 is 1.74 bits per heavy atom. The first-order valence-corrected chi connectivity index (χ1v) is 11.3. The van der Waals surface area contributed by atoms with E-state index in [-0.39, 0.29) is 23.6 Å². The van der Waals surface area contributed by atoms with Crippen molar-refractivity contribution in [1.82, 2.24) is 10.6 Å². The van der Waals surface area contributed by atoms with Crippen molar-refractivity contribution < 1.29 is 9.59 Å². The second kappa shape index (κ2) is 10.2. The number of amides is 2. The summed E-state index contributed by atoms with van der Waals surface area (Å²) in [6.45, 7) is 8.14. The summed E-state index contributed by atoms with van der Waals surface area (Å²) in [6, 6.07) is 17.2. The summed E-state index contributed by atoms with van der Waals surface area (Å²) in [5.74, 6) is -0.615. The molecule has 0 aliphatic carbocycles. The van der Waals surface area contributed by atoms with Gasteiger partial charge in [-0.05, 0) is 73.5 Å². The number of rotatable bonds is 7. The molecular formula is C26H28N2O2S. The number of carbonyl (C=O) groups excluding carboxylic acids is 2. The summed E-state index contributed by atoms with van der Waals surface area (Å²) >= 11 is 1.51. The van der Waals surface area contributed by atoms with Crippen LogP contribution in [0.1, 0.15) is 56.9 Å². The molecule has 3 rings (SSSR count). The van der Waals surface area contributed by atoms with Gasteiger partial charge in [0.15, 0.2) is 0 Å². The van der Waals surface area contributed by atoms with E-state index in [0.29, 0.717) is 5.56 Å². The third kappa shape index (κ3) is 5.92. The van der Waals surface area contributed by atoms with Gasteiger partial charge in [-0.1, -0.05) is 48.9 Å². The van der Waals surface area contributed by atoms with Crippen molar-refractivity contribution in [2.24, 2.45) is 0 Å². The monoisotopic (exact) mass is 432 g/mol. The smallest absolute Gasteiger partial charge is 0.268 e. The minimum Gasteiger partial charge on any atom is -0.344 e. The number of thiophene rings is 1. The molecule has 2 N–H and O–H groups in total. The van der Waals surface area contributed by atoms with Gasteiger partial charge >= 0.3 is 0 Å². The average molecular weight is 433 g/mol. The molecule has 0 fully saturated rings. The average Bonchev–Trinajstić information content (AvgIpc) is 3.27. The van der Waals surface area contributed by atoms with Crippen molar-refractivity contribution in [3.8, 4) is 0 Å². The van der Waals surface area contributed by atoms with Crippen LogP contribution in [0.25, 0.3) is 6.08 Å². The van der Waals surface area contributed by atoms with Crippen LogP contribution < -0.4 is 10.6 Å². The Hall–Kier alpha value is -3.18. The number of benzene rings is 2. The van der Waals surface area contributed by atoms with Crippen molar-refractivity contribution >= 4 is 29.2 Å². The fraction of sp³-hybridized carbons (Fsp3) is 0.231. The van der Waals surface area contributed by atoms with Gasteiger partial charge in [0.1, 0.15) is 5.70 Å². The first-order valence-electron chi connectivity index (χ1n) is 10.4. The number of hydrogen-bond acceptors (Lipinski definition) is 3. The SMILES string of the molecule is CCC(NC(=O)/C(=C/c1cccs1)NC(=O)c1ccc(C)cc1)c1ccc(C)c(C)c1. The first-order chi connectivity index (χ1) is 14.9. The van der Waals surface area contributed by atoms with Crippen LogP contribution in [-0.2, 0) is 4.79 Å². The summed E-state index contributed by atoms with van der Waals surface area (Å²) in [5.41, 5.74) is 5.27. The second-order valence-electron chi connectivity index (χ2n) is 7.67. The topological polar surface area (TPSA) is 58.2 Å². The van der Waals surface area contributed by atoms with Crippen molar-refractivity contribution in [1.29, 1.82) is 0 Å². The van der Waals surface area contributed by atoms with E-state index in [9.17, 15) is 9.59 Å². The van der Waals surface area contributed by atoms with Gasteiger partial charge in [0.05, 0.1) is 6.04 Å². The van der Waals surface area contributed by atoms with Crippen LogP contribution in [0.2, 0.25) is 0 Å². The van der Waals surface area contributed by atoms with Gasteiger partial charge in [-0.3, -0.25) is 9.59 Å². The van der Waals surface area contributed by atoms with Gasteiger partial charge in [-0.15, -0.1) is 11.3 Å². The fourth-order valence-electron chi connectivity index (χ4n) is 3.21. The molecule has 0 aliphatic heterocycles. The van der Waals surface area contributed by atoms with E-state index < -0.39 is 0 Å². The standard InChI is InChI=1S/C26H28N2O2S/c1-5-23(21-13-10-18(3)19(4)15-21)27-26(30)24(16-22-7-6-14-31-22)28-25(29)20-11-8-17(2)9-12-20/h6-16,23H,5H2,1-4H3,(H,27,30)(H,28,29)/b24-16-. The predicted octanol–water partition coefficient (Wildman–Crippen LogP) is 5.71. The van der Waals surface area contributed by atoms with Gasteiger partial charge in [0, 0.05) is 10.4 Å². The van der Waals surface area contributed by atoms with Gasteiger partial charge in [0.25, 0.3) is 11.8 Å². The summed E-state index contributed by atoms with van der Waals surface area (Å²) in [6.07, 6.45) is 2.46. The molecule has 3 aromatic rings. The summed E-state index contributed by atoms with van der Waals surface area (Å²) in [7, 11) is 0. The van der Waals surface area contributed by atoms with Gasteiger partial charge in [-0.2, -0.15) is 0 Å². The van der Waals surface area contributed by atoms with Crippen LogP contribution in [0.3, 0.4) is 0 Å². The number of carbonyl (C=O) groups is 2. The van der Waals surface area contributed by atoms with Crippen molar-refractivity contribution in [2.75, 3.05) is 0 Å². The molecule has 2 amide bonds. The molecule has 2 aromatic carbocycles. The highest BCUT2D eigenvalue weighted by Gasteiger charge is 2.19. The Kier molecular flexibility index (Phi) is 7.42. The van der Waals surface area contributed by atoms with Crippen LogP contribution in [0.15, 0.2) is 65.7 Å². The van der Waals surface area contributed by atoms with E-state index in [0.717, 1.165) is 22.4 Å². The minimum absolute atomic E-state index is 0.144. The summed E-state index contributed by atoms with van der Waals surface area (Å²) < 4.78 is 0. The summed E-state index contributed by atoms with van der Waals surface area (Å²) in [4.78, 5) is 26.9. The van der Waals surface area contributed by atoms with Crippen LogP contribution in [0.5, 0.6) is 0 Å². The normalized spacial score (nSPS) is 12.3. The lowest BCUT2D eigenvalue weighted by Gasteiger charge is -2.20. The van der Waals surface area contributed by atoms with Crippen LogP contribution in [0, 0.1) is 20.8 Å². The Bertz CT molecular complexity index is 1080. The minimum atomic E-state index is -0.308. The molecule has 0 saturated heterocycles. The molecule has 1 aromatic heterocycles. The lowest BCUT2D eigenvalue weighted by Crippen LogP contribution is -2.36. The van der Waals surface area contributed by atoms with E-state index in [1.165, 1.54) is 22.5 Å². The molecule has 0 radical (unpaired) electrons. The molecule has 1 heterocycles. The predicted molar refractivity (Wildman–Crippen MR) is 128 cm³/mol. The molecule has 0 aliphatic rings. The molecule has 1 atom stereocenters. The maximum absolute atomic E-state index is 13.2. The zero-order valence-corrected chi connectivity index (χ0v) is 19.2. The molecule has 0 saturated carbocycles. The van der Waals surface area contributed by atoms with E-state index in [2.05, 4.69) is 36.6 Å².